The van der Waals surface area contributed by atoms with E-state index in [1.165, 1.54) is 0 Å². The summed E-state index contributed by atoms with van der Waals surface area (Å²) < 4.78 is 0. The van der Waals surface area contributed by atoms with E-state index in [0.29, 0.717) is 11.3 Å². The van der Waals surface area contributed by atoms with Crippen molar-refractivity contribution in [1.82, 2.24) is 10.9 Å². The lowest BCUT2D eigenvalue weighted by atomic mass is 10.2. The summed E-state index contributed by atoms with van der Waals surface area (Å²) in [5.74, 6) is -1.10. The van der Waals surface area contributed by atoms with Gasteiger partial charge in [0.15, 0.2) is 0 Å². The molecule has 0 unspecified atom stereocenters. The van der Waals surface area contributed by atoms with Gasteiger partial charge in [0.2, 0.25) is 0 Å². The van der Waals surface area contributed by atoms with E-state index in [9.17, 15) is 9.59 Å². The van der Waals surface area contributed by atoms with E-state index in [4.69, 9.17) is 17.3 Å². The highest BCUT2D eigenvalue weighted by molar-refractivity contribution is 6.27. The number of nitrogen functional groups attached to an aromatic ring is 1. The number of carbonyl (C=O) groups excluding carboxylic acids is 2. The Morgan fingerprint density at radius 1 is 1.20 bits per heavy atom. The van der Waals surface area contributed by atoms with Gasteiger partial charge < -0.3 is 5.73 Å². The number of hydrazine groups is 1. The van der Waals surface area contributed by atoms with Gasteiger partial charge >= 0.3 is 0 Å². The second-order valence-corrected chi connectivity index (χ2v) is 3.03. The minimum Gasteiger partial charge on any atom is -0.399 e. The summed E-state index contributed by atoms with van der Waals surface area (Å²) in [6.45, 7) is 0. The summed E-state index contributed by atoms with van der Waals surface area (Å²) in [5.41, 5.74) is 10.8. The Morgan fingerprint density at radius 3 is 2.33 bits per heavy atom. The van der Waals surface area contributed by atoms with Gasteiger partial charge in [-0.05, 0) is 24.3 Å². The number of carbonyl (C=O) groups is 2. The van der Waals surface area contributed by atoms with Crippen molar-refractivity contribution in [1.29, 1.82) is 0 Å². The molecule has 15 heavy (non-hydrogen) atoms. The fourth-order valence-corrected chi connectivity index (χ4v) is 0.933. The van der Waals surface area contributed by atoms with E-state index in [1.54, 1.807) is 24.3 Å². The molecule has 0 aliphatic rings. The first-order valence-electron chi connectivity index (χ1n) is 4.14. The van der Waals surface area contributed by atoms with Gasteiger partial charge in [-0.25, -0.2) is 0 Å². The highest BCUT2D eigenvalue weighted by Crippen LogP contribution is 2.04. The second-order valence-electron chi connectivity index (χ2n) is 2.76. The van der Waals surface area contributed by atoms with Crippen molar-refractivity contribution >= 4 is 29.1 Å². The molecule has 0 aromatic heterocycles. The zero-order valence-electron chi connectivity index (χ0n) is 7.79. The molecule has 1 aromatic rings. The number of hydrogen-bond acceptors (Lipinski definition) is 3. The van der Waals surface area contributed by atoms with Crippen LogP contribution in [0.2, 0.25) is 0 Å². The number of benzene rings is 1. The molecule has 0 spiro atoms. The van der Waals surface area contributed by atoms with Crippen LogP contribution in [-0.2, 0) is 4.79 Å². The van der Waals surface area contributed by atoms with Gasteiger partial charge in [0.1, 0.15) is 5.88 Å². The molecule has 0 aliphatic carbocycles. The van der Waals surface area contributed by atoms with Crippen LogP contribution in [-0.4, -0.2) is 17.7 Å². The third-order valence-electron chi connectivity index (χ3n) is 1.61. The van der Waals surface area contributed by atoms with Gasteiger partial charge in [-0.2, -0.15) is 0 Å². The Bertz CT molecular complexity index is 364. The molecule has 5 nitrogen and oxygen atoms in total. The normalized spacial score (nSPS) is 9.40. The monoisotopic (exact) mass is 227 g/mol. The third-order valence-corrected chi connectivity index (χ3v) is 1.85. The lowest BCUT2D eigenvalue weighted by Gasteiger charge is -2.05. The van der Waals surface area contributed by atoms with Gasteiger partial charge in [-0.15, -0.1) is 11.6 Å². The molecule has 1 aromatic carbocycles. The molecule has 0 atom stereocenters. The summed E-state index contributed by atoms with van der Waals surface area (Å²) in [5, 5.41) is 0. The molecule has 2 amide bonds. The first-order valence-corrected chi connectivity index (χ1v) is 4.67. The van der Waals surface area contributed by atoms with Crippen molar-refractivity contribution in [2.75, 3.05) is 11.6 Å². The first kappa shape index (κ1) is 11.3. The average molecular weight is 228 g/mol. The van der Waals surface area contributed by atoms with Crippen molar-refractivity contribution in [2.45, 2.75) is 0 Å². The Morgan fingerprint density at radius 2 is 1.80 bits per heavy atom. The molecule has 6 heteroatoms. The van der Waals surface area contributed by atoms with Crippen LogP contribution >= 0.6 is 11.6 Å². The van der Waals surface area contributed by atoms with Crippen LogP contribution in [0.25, 0.3) is 0 Å². The van der Waals surface area contributed by atoms with E-state index >= 15 is 0 Å². The number of hydrogen-bond donors (Lipinski definition) is 3. The average Bonchev–Trinajstić information content (AvgIpc) is 2.26. The van der Waals surface area contributed by atoms with Crippen LogP contribution in [0.5, 0.6) is 0 Å². The van der Waals surface area contributed by atoms with Crippen LogP contribution in [0.1, 0.15) is 10.4 Å². The molecule has 1 rings (SSSR count). The fourth-order valence-electron chi connectivity index (χ4n) is 0.867. The van der Waals surface area contributed by atoms with Crippen molar-refractivity contribution in [2.24, 2.45) is 0 Å². The number of alkyl halides is 1. The number of anilines is 1. The maximum Gasteiger partial charge on any atom is 0.269 e. The smallest absolute Gasteiger partial charge is 0.269 e. The molecule has 4 N–H and O–H groups in total. The maximum absolute atomic E-state index is 11.4. The van der Waals surface area contributed by atoms with Crippen LogP contribution in [0, 0.1) is 0 Å². The van der Waals surface area contributed by atoms with Crippen LogP contribution in [0.15, 0.2) is 24.3 Å². The van der Waals surface area contributed by atoms with Gasteiger partial charge in [0, 0.05) is 11.3 Å². The summed E-state index contributed by atoms with van der Waals surface area (Å²) in [6.07, 6.45) is 0. The molecule has 0 aliphatic heterocycles. The lowest BCUT2D eigenvalue weighted by molar-refractivity contribution is -0.119. The molecule has 0 saturated carbocycles. The summed E-state index contributed by atoms with van der Waals surface area (Å²) in [7, 11) is 0. The Kier molecular flexibility index (Phi) is 3.93. The Labute approximate surface area is 91.6 Å². The van der Waals surface area contributed by atoms with Gasteiger partial charge in [0.05, 0.1) is 0 Å². The zero-order chi connectivity index (χ0) is 11.3. The predicted molar refractivity (Wildman–Crippen MR) is 57.2 cm³/mol. The highest BCUT2D eigenvalue weighted by Gasteiger charge is 2.05. The number of amides is 2. The summed E-state index contributed by atoms with van der Waals surface area (Å²) >= 11 is 5.22. The van der Waals surface area contributed by atoms with Crippen molar-refractivity contribution < 1.29 is 9.59 Å². The number of rotatable bonds is 2. The summed E-state index contributed by atoms with van der Waals surface area (Å²) in [4.78, 5) is 22.1. The quantitative estimate of drug-likeness (QED) is 0.385. The molecular weight excluding hydrogens is 218 g/mol. The molecule has 0 radical (unpaired) electrons. The molecular formula is C9H10ClN3O2. The van der Waals surface area contributed by atoms with E-state index in [0.717, 1.165) is 0 Å². The third kappa shape index (κ3) is 3.47. The molecule has 0 heterocycles. The highest BCUT2D eigenvalue weighted by atomic mass is 35.5. The molecule has 0 fully saturated rings. The topological polar surface area (TPSA) is 84.2 Å². The fraction of sp³-hybridized carbons (Fsp3) is 0.111. The maximum atomic E-state index is 11.4. The van der Waals surface area contributed by atoms with Crippen molar-refractivity contribution in [3.8, 4) is 0 Å². The Hall–Kier alpha value is -1.75. The van der Waals surface area contributed by atoms with Gasteiger partial charge in [0.25, 0.3) is 11.8 Å². The van der Waals surface area contributed by atoms with Crippen LogP contribution in [0.3, 0.4) is 0 Å². The second kappa shape index (κ2) is 5.21. The lowest BCUT2D eigenvalue weighted by Crippen LogP contribution is -2.42. The minimum atomic E-state index is -0.472. The van der Waals surface area contributed by atoms with Crippen LogP contribution < -0.4 is 16.6 Å². The SMILES string of the molecule is Nc1ccc(C(=O)NNC(=O)CCl)cc1. The van der Waals surface area contributed by atoms with E-state index in [2.05, 4.69) is 10.9 Å². The summed E-state index contributed by atoms with van der Waals surface area (Å²) in [6, 6.07) is 6.30. The van der Waals surface area contributed by atoms with E-state index in [-0.39, 0.29) is 5.88 Å². The zero-order valence-corrected chi connectivity index (χ0v) is 8.54. The molecule has 80 valence electrons. The van der Waals surface area contributed by atoms with Gasteiger partial charge in [-0.3, -0.25) is 20.4 Å². The molecule has 0 bridgehead atoms. The number of nitrogens with one attached hydrogen (secondary N) is 2. The number of halogens is 1. The van der Waals surface area contributed by atoms with E-state index in [1.807, 2.05) is 0 Å². The molecule has 0 saturated heterocycles. The largest absolute Gasteiger partial charge is 0.399 e. The Balaban J connectivity index is 2.54. The van der Waals surface area contributed by atoms with Crippen LogP contribution in [0.4, 0.5) is 5.69 Å². The van der Waals surface area contributed by atoms with Gasteiger partial charge in [-0.1, -0.05) is 0 Å². The minimum absolute atomic E-state index is 0.206. The predicted octanol–water partition coefficient (Wildman–Crippen LogP) is 0.269. The van der Waals surface area contributed by atoms with E-state index < -0.39 is 11.8 Å². The number of nitrogens with two attached hydrogens (primary N) is 1. The van der Waals surface area contributed by atoms with Crippen molar-refractivity contribution in [3.63, 3.8) is 0 Å². The first-order chi connectivity index (χ1) is 7.13. The standard InChI is InChI=1S/C9H10ClN3O2/c10-5-8(14)12-13-9(15)6-1-3-7(11)4-2-6/h1-4H,5,11H2,(H,12,14)(H,13,15). The van der Waals surface area contributed by atoms with Crippen molar-refractivity contribution in [3.05, 3.63) is 29.8 Å².